The average Bonchev–Trinajstić information content (AvgIpc) is 0.977. The minimum Gasteiger partial charge on any atom is -0.378 e. The monoisotopic (exact) mass is 2100 g/mol. The van der Waals surface area contributed by atoms with Gasteiger partial charge < -0.3 is 60.9 Å². The summed E-state index contributed by atoms with van der Waals surface area (Å²) in [5.41, 5.74) is 8.47. The number of H-pyrrole nitrogens is 2. The van der Waals surface area contributed by atoms with Gasteiger partial charge in [0.15, 0.2) is 5.82 Å². The summed E-state index contributed by atoms with van der Waals surface area (Å²) >= 11 is 0. The Kier molecular flexibility index (Phi) is 33.4. The predicted octanol–water partition coefficient (Wildman–Crippen LogP) is 13.8. The quantitative estimate of drug-likeness (QED) is 0.0268. The van der Waals surface area contributed by atoms with Crippen molar-refractivity contribution >= 4 is 153 Å². The van der Waals surface area contributed by atoms with Crippen LogP contribution >= 0.6 is 0 Å². The molecule has 5 aliphatic rings. The molecular formula is C110H113N19O17S4. The van der Waals surface area contributed by atoms with Gasteiger partial charge in [0, 0.05) is 196 Å². The van der Waals surface area contributed by atoms with Crippen molar-refractivity contribution in [2.24, 2.45) is 0 Å². The van der Waals surface area contributed by atoms with E-state index in [1.165, 1.54) is 49.4 Å². The summed E-state index contributed by atoms with van der Waals surface area (Å²) in [7, 11) is -15.4. The number of piperidine rings is 4. The number of hydrogen-bond acceptors (Lipinski definition) is 22. The molecule has 11 N–H and O–H groups in total. The molecule has 5 fully saturated rings. The Morgan fingerprint density at radius 2 is 0.660 bits per heavy atom. The fourth-order valence-electron chi connectivity index (χ4n) is 19.1. The number of imidazole rings is 2. The molecule has 1 atom stereocenters. The molecule has 15 aromatic rings. The molecule has 36 nitrogen and oxygen atoms in total. The molecule has 8 amide bonds. The van der Waals surface area contributed by atoms with Gasteiger partial charge in [0.05, 0.1) is 51.5 Å². The van der Waals surface area contributed by atoms with Crippen molar-refractivity contribution in [2.75, 3.05) is 93.4 Å². The number of rotatable bonds is 24. The predicted molar refractivity (Wildman–Crippen MR) is 572 cm³/mol. The van der Waals surface area contributed by atoms with Crippen LogP contribution in [0, 0.1) is 27.7 Å². The number of aryl methyl sites for hydroxylation is 4. The third-order valence-corrected chi connectivity index (χ3v) is 33.4. The third kappa shape index (κ3) is 25.0. The van der Waals surface area contributed by atoms with Gasteiger partial charge in [-0.05, 0) is 174 Å². The summed E-state index contributed by atoms with van der Waals surface area (Å²) in [6.07, 6.45) is 14.5. The molecule has 774 valence electrons. The first-order valence-corrected chi connectivity index (χ1v) is 55.1. The number of morpholine rings is 1. The van der Waals surface area contributed by atoms with Crippen LogP contribution in [0.3, 0.4) is 0 Å². The number of aromatic nitrogens is 6. The lowest BCUT2D eigenvalue weighted by Gasteiger charge is -2.35. The number of aromatic amines is 2. The molecule has 0 saturated carbocycles. The van der Waals surface area contributed by atoms with E-state index in [-0.39, 0.29) is 109 Å². The van der Waals surface area contributed by atoms with Crippen LogP contribution < -0.4 is 45.5 Å². The number of likely N-dealkylation sites (tertiary alicyclic amines) is 4. The van der Waals surface area contributed by atoms with E-state index in [2.05, 4.69) is 75.4 Å². The van der Waals surface area contributed by atoms with Gasteiger partial charge >= 0.3 is 0 Å². The highest BCUT2D eigenvalue weighted by Crippen LogP contribution is 2.37. The van der Waals surface area contributed by atoms with E-state index in [4.69, 9.17) is 4.74 Å². The van der Waals surface area contributed by atoms with Gasteiger partial charge in [-0.25, -0.2) is 67.5 Å². The summed E-state index contributed by atoms with van der Waals surface area (Å²) in [5, 5.41) is 19.5. The zero-order valence-corrected chi connectivity index (χ0v) is 85.9. The van der Waals surface area contributed by atoms with Crippen LogP contribution in [0.5, 0.6) is 0 Å². The zero-order valence-electron chi connectivity index (χ0n) is 82.6. The highest BCUT2D eigenvalue weighted by atomic mass is 32.2. The fourth-order valence-corrected chi connectivity index (χ4v) is 25.2. The molecule has 5 saturated heterocycles. The molecule has 1 unspecified atom stereocenters. The number of amides is 8. The number of anilines is 4. The van der Waals surface area contributed by atoms with Crippen molar-refractivity contribution in [3.63, 3.8) is 0 Å². The Balaban J connectivity index is 0.000000136. The van der Waals surface area contributed by atoms with Gasteiger partial charge in [-0.15, -0.1) is 0 Å². The molecule has 40 heteroatoms. The average molecular weight is 2100 g/mol. The van der Waals surface area contributed by atoms with Crippen LogP contribution in [0.2, 0.25) is 0 Å². The Labute approximate surface area is 868 Å². The van der Waals surface area contributed by atoms with Gasteiger partial charge in [0.1, 0.15) is 17.4 Å². The summed E-state index contributed by atoms with van der Waals surface area (Å²) < 4.78 is 124. The molecule has 0 aliphatic carbocycles. The number of fused-ring (bicyclic) bond motifs is 4. The molecule has 0 spiro atoms. The maximum absolute atomic E-state index is 13.5. The van der Waals surface area contributed by atoms with Crippen LogP contribution in [0.25, 0.3) is 43.1 Å². The topological polar surface area (TPSA) is 487 Å². The number of sulfonamides is 4. The van der Waals surface area contributed by atoms with Crippen molar-refractivity contribution in [3.8, 4) is 0 Å². The van der Waals surface area contributed by atoms with E-state index in [1.54, 1.807) is 196 Å². The Morgan fingerprint density at radius 3 is 1.01 bits per heavy atom. The van der Waals surface area contributed by atoms with Crippen molar-refractivity contribution in [1.29, 1.82) is 0 Å². The maximum atomic E-state index is 13.5. The second-order valence-electron chi connectivity index (χ2n) is 37.1. The van der Waals surface area contributed by atoms with Crippen molar-refractivity contribution in [1.82, 2.24) is 73.7 Å². The van der Waals surface area contributed by atoms with E-state index in [1.807, 2.05) is 88.4 Å². The van der Waals surface area contributed by atoms with E-state index >= 15 is 0 Å². The number of carbonyl (C=O) groups is 8. The smallest absolute Gasteiger partial charge is 0.289 e. The summed E-state index contributed by atoms with van der Waals surface area (Å²) in [4.78, 5) is 131. The molecule has 12 aromatic carbocycles. The molecule has 8 heterocycles. The number of nitrogens with zero attached hydrogens (tertiary/aromatic N) is 8. The minimum absolute atomic E-state index is 0.000309. The van der Waals surface area contributed by atoms with Crippen LogP contribution in [0.15, 0.2) is 306 Å². The van der Waals surface area contributed by atoms with Gasteiger partial charge in [-0.2, -0.15) is 0 Å². The number of nitrogens with one attached hydrogen (secondary N) is 11. The second-order valence-corrected chi connectivity index (χ2v) is 43.8. The van der Waals surface area contributed by atoms with E-state index in [0.29, 0.717) is 217 Å². The van der Waals surface area contributed by atoms with E-state index in [9.17, 15) is 72.0 Å². The van der Waals surface area contributed by atoms with Gasteiger partial charge in [-0.3, -0.25) is 43.3 Å². The molecule has 5 aliphatic heterocycles. The SMILES string of the molecule is Cc1ccccc1C(=O)Nc1ccc(S(=O)(=O)NC2CCN(C(=O)C3COCCN3)CC2)c2ccccc12.Cc1ccccc1C(=O)Nc1ccc(S(=O)(=O)NC2CCN(C(=O)c3cnccn3)CC2)c2ccccc12.Cc1ccccc1C(=O)Nc1cccc2c(S(=O)(=O)NC3CCN(C(=O)c4cnc[nH]4)CC3)cccc12.Cc1ccccc1C(=O)Nc1cccc2c(S(=O)(=O)NC3CCN(C(=O)c4ncc[nH]4)CC3)cccc12. The summed E-state index contributed by atoms with van der Waals surface area (Å²) in [5.74, 6) is -1.30. The van der Waals surface area contributed by atoms with Gasteiger partial charge in [0.2, 0.25) is 46.0 Å². The van der Waals surface area contributed by atoms with Crippen molar-refractivity contribution in [3.05, 3.63) is 348 Å². The summed E-state index contributed by atoms with van der Waals surface area (Å²) in [6, 6.07) is 68.7. The largest absolute Gasteiger partial charge is 0.378 e. The fraction of sp³-hybridized carbons (Fsp3) is 0.255. The number of ether oxygens (including phenoxy) is 1. The van der Waals surface area contributed by atoms with Crippen molar-refractivity contribution < 1.29 is 76.8 Å². The molecule has 3 aromatic heterocycles. The lowest BCUT2D eigenvalue weighted by atomic mass is 10.1. The van der Waals surface area contributed by atoms with Crippen LogP contribution in [-0.2, 0) is 49.6 Å². The minimum atomic E-state index is -3.87. The lowest BCUT2D eigenvalue weighted by Crippen LogP contribution is -2.55. The first-order chi connectivity index (χ1) is 72.3. The first-order valence-electron chi connectivity index (χ1n) is 49.2. The Bertz CT molecular complexity index is 7800. The van der Waals surface area contributed by atoms with Crippen LogP contribution in [0.1, 0.15) is 147 Å². The van der Waals surface area contributed by atoms with Gasteiger partial charge in [0.25, 0.3) is 41.4 Å². The molecular weight excluding hydrogens is 1990 g/mol. The number of carbonyl (C=O) groups excluding carboxylic acids is 8. The molecule has 150 heavy (non-hydrogen) atoms. The van der Waals surface area contributed by atoms with E-state index < -0.39 is 40.1 Å². The zero-order chi connectivity index (χ0) is 105. The molecule has 0 radical (unpaired) electrons. The summed E-state index contributed by atoms with van der Waals surface area (Å²) in [6.45, 7) is 12.6. The molecule has 20 rings (SSSR count). The maximum Gasteiger partial charge on any atom is 0.289 e. The number of benzene rings is 12. The normalized spacial score (nSPS) is 15.6. The highest BCUT2D eigenvalue weighted by Gasteiger charge is 2.37. The van der Waals surface area contributed by atoms with Crippen LogP contribution in [-0.4, -0.2) is 233 Å². The molecule has 0 bridgehead atoms. The van der Waals surface area contributed by atoms with Crippen LogP contribution in [0.4, 0.5) is 22.7 Å². The van der Waals surface area contributed by atoms with Crippen molar-refractivity contribution in [2.45, 2.75) is 129 Å². The standard InChI is InChI=1S/C28H27N5O4S.C28H32N4O5S.2C27H27N5O4S/c1-19-6-2-3-7-21(19)27(34)31-24-10-11-26(23-9-5-4-8-22(23)24)38(36,37)32-20-12-16-33(17-13-20)28(35)25-18-29-14-15-30-25;1-19-6-2-3-7-21(19)27(33)30-24-10-11-26(23-9-5-4-8-22(23)24)38(35,36)31-20-12-15-32(16-13-20)28(34)25-18-37-17-14-29-25;1-18-6-2-3-7-20(18)26(33)30-23-10-4-9-22-21(23)8-5-11-24(22)37(35,36)31-19-12-16-32(17-13-19)27(34)25-28-14-15-29-25;1-18-6-2-3-7-20(18)26(33)30-23-10-4-9-22-21(23)8-5-11-25(22)37(35,36)31-19-12-14-32(15-13-19)27(34)24-16-28-17-29-24/h2-11,14-15,18,20,32H,12-13,16-17H2,1H3,(H,31,34);2-11,20,25,29,31H,12-18H2,1H3,(H,30,33);2-11,14-15,19,31H,12-13,16-17H2,1H3,(H,28,29)(H,30,33);2-11,16-17,19,31H,12-15H2,1H3,(H,28,29)(H,30,33). The Hall–Kier alpha value is -15.5. The first kappa shape index (κ1) is 106. The highest BCUT2D eigenvalue weighted by molar-refractivity contribution is 7.90. The lowest BCUT2D eigenvalue weighted by molar-refractivity contribution is -0.137. The number of hydrogen-bond donors (Lipinski definition) is 11. The van der Waals surface area contributed by atoms with Gasteiger partial charge in [-0.1, -0.05) is 170 Å². The third-order valence-electron chi connectivity index (χ3n) is 27.1. The van der Waals surface area contributed by atoms with E-state index in [0.717, 1.165) is 22.3 Å². The second kappa shape index (κ2) is 47.3. The Morgan fingerprint density at radius 1 is 0.327 bits per heavy atom.